The minimum atomic E-state index is -0.794. The van der Waals surface area contributed by atoms with Gasteiger partial charge in [-0.3, -0.25) is 13.9 Å². The number of aryl methyl sites for hydroxylation is 1. The number of carboxylic acids is 1. The van der Waals surface area contributed by atoms with Gasteiger partial charge in [0.25, 0.3) is 0 Å². The number of fused-ring (bicyclic) bond motifs is 2. The second-order valence-electron chi connectivity index (χ2n) is 7.34. The van der Waals surface area contributed by atoms with Crippen LogP contribution in [0, 0.1) is 5.92 Å². The number of hydrogen-bond donors (Lipinski definition) is 1. The van der Waals surface area contributed by atoms with Crippen LogP contribution in [0.1, 0.15) is 25.7 Å². The molecule has 0 fully saturated rings. The van der Waals surface area contributed by atoms with Gasteiger partial charge in [0, 0.05) is 25.4 Å². The number of aliphatic carboxylic acids is 1. The molecule has 0 bridgehead atoms. The van der Waals surface area contributed by atoms with Crippen molar-refractivity contribution in [2.24, 2.45) is 5.92 Å². The first kappa shape index (κ1) is 18.3. The highest BCUT2D eigenvalue weighted by atomic mass is 16.4. The largest absolute Gasteiger partial charge is 0.481 e. The normalized spacial score (nSPS) is 18.1. The van der Waals surface area contributed by atoms with Gasteiger partial charge in [-0.05, 0) is 42.5 Å². The van der Waals surface area contributed by atoms with Crippen molar-refractivity contribution in [3.63, 3.8) is 0 Å². The summed E-state index contributed by atoms with van der Waals surface area (Å²) in [6.45, 7) is 1.11. The van der Waals surface area contributed by atoms with Crippen molar-refractivity contribution in [2.45, 2.75) is 38.8 Å². The van der Waals surface area contributed by atoms with Crippen LogP contribution in [0.4, 0.5) is 0 Å². The van der Waals surface area contributed by atoms with Crippen molar-refractivity contribution < 1.29 is 9.90 Å². The number of carbonyl (C=O) groups is 1. The molecule has 1 aromatic heterocycles. The first-order chi connectivity index (χ1) is 13.6. The lowest BCUT2D eigenvalue weighted by Gasteiger charge is -2.25. The summed E-state index contributed by atoms with van der Waals surface area (Å²) in [5.41, 5.74) is 4.36. The zero-order chi connectivity index (χ0) is 19.5. The number of aromatic nitrogens is 2. The number of allylic oxidation sites excluding steroid dienone is 8. The topological polar surface area (TPSA) is 64.2 Å². The molecule has 0 aliphatic heterocycles. The highest BCUT2D eigenvalue weighted by Crippen LogP contribution is 2.33. The molecular formula is C23H24N2O3. The summed E-state index contributed by atoms with van der Waals surface area (Å²) in [6.07, 6.45) is 15.1. The van der Waals surface area contributed by atoms with E-state index in [2.05, 4.69) is 36.5 Å². The smallest absolute Gasteiger partial charge is 0.329 e. The molecule has 1 heterocycles. The summed E-state index contributed by atoms with van der Waals surface area (Å²) in [5, 5.41) is 8.82. The first-order valence-electron chi connectivity index (χ1n) is 9.79. The predicted octanol–water partition coefficient (Wildman–Crippen LogP) is 4.06. The van der Waals surface area contributed by atoms with Crippen LogP contribution in [-0.4, -0.2) is 20.2 Å². The van der Waals surface area contributed by atoms with Crippen LogP contribution >= 0.6 is 0 Å². The molecule has 0 amide bonds. The van der Waals surface area contributed by atoms with E-state index in [-0.39, 0.29) is 12.1 Å². The average Bonchev–Trinajstić information content (AvgIpc) is 2.97. The Morgan fingerprint density at radius 2 is 1.86 bits per heavy atom. The molecular weight excluding hydrogens is 352 g/mol. The Bertz CT molecular complexity index is 1080. The van der Waals surface area contributed by atoms with E-state index in [1.54, 1.807) is 4.57 Å². The summed E-state index contributed by atoms with van der Waals surface area (Å²) in [4.78, 5) is 23.9. The molecule has 144 valence electrons. The van der Waals surface area contributed by atoms with E-state index in [4.69, 9.17) is 5.11 Å². The zero-order valence-corrected chi connectivity index (χ0v) is 15.8. The van der Waals surface area contributed by atoms with Gasteiger partial charge in [0.2, 0.25) is 0 Å². The molecule has 2 aromatic rings. The van der Waals surface area contributed by atoms with Gasteiger partial charge in [-0.25, -0.2) is 4.79 Å². The Hall–Kier alpha value is -3.08. The van der Waals surface area contributed by atoms with Crippen LogP contribution in [0.2, 0.25) is 0 Å². The minimum absolute atomic E-state index is 0.0242. The summed E-state index contributed by atoms with van der Waals surface area (Å²) >= 11 is 0. The Morgan fingerprint density at radius 3 is 2.64 bits per heavy atom. The fourth-order valence-corrected chi connectivity index (χ4v) is 4.12. The standard InChI is InChI=1S/C23H24N2O3/c26-22(27)14-5-6-15-24-20-12-3-4-13-21(20)25(23(24)28)16-18-10-7-9-17-8-1-2-11-19(17)18/h1-4,7-10,12-13,19H,5-6,11,14-16H2,(H,26,27). The lowest BCUT2D eigenvalue weighted by molar-refractivity contribution is -0.137. The van der Waals surface area contributed by atoms with E-state index in [0.717, 1.165) is 17.5 Å². The number of benzene rings is 1. The van der Waals surface area contributed by atoms with Crippen LogP contribution in [0.15, 0.2) is 76.7 Å². The Balaban J connectivity index is 1.63. The molecule has 2 aliphatic carbocycles. The van der Waals surface area contributed by atoms with E-state index < -0.39 is 5.97 Å². The molecule has 28 heavy (non-hydrogen) atoms. The predicted molar refractivity (Wildman–Crippen MR) is 110 cm³/mol. The zero-order valence-electron chi connectivity index (χ0n) is 15.8. The lowest BCUT2D eigenvalue weighted by atomic mass is 9.82. The van der Waals surface area contributed by atoms with E-state index in [1.165, 1.54) is 11.1 Å². The van der Waals surface area contributed by atoms with Crippen molar-refractivity contribution in [1.82, 2.24) is 9.13 Å². The number of rotatable bonds is 7. The summed E-state index contributed by atoms with van der Waals surface area (Å²) in [6, 6.07) is 7.85. The molecule has 1 unspecified atom stereocenters. The Kier molecular flexibility index (Phi) is 5.15. The van der Waals surface area contributed by atoms with Gasteiger partial charge in [-0.15, -0.1) is 0 Å². The second kappa shape index (κ2) is 7.89. The highest BCUT2D eigenvalue weighted by molar-refractivity contribution is 5.76. The van der Waals surface area contributed by atoms with Crippen LogP contribution in [-0.2, 0) is 17.9 Å². The maximum Gasteiger partial charge on any atom is 0.329 e. The highest BCUT2D eigenvalue weighted by Gasteiger charge is 2.22. The van der Waals surface area contributed by atoms with Gasteiger partial charge in [-0.1, -0.05) is 48.6 Å². The van der Waals surface area contributed by atoms with Crippen LogP contribution in [0.25, 0.3) is 11.0 Å². The lowest BCUT2D eigenvalue weighted by Crippen LogP contribution is -2.27. The number of hydrogen-bond acceptors (Lipinski definition) is 2. The van der Waals surface area contributed by atoms with Gasteiger partial charge in [0.15, 0.2) is 0 Å². The van der Waals surface area contributed by atoms with Gasteiger partial charge in [0.05, 0.1) is 11.0 Å². The van der Waals surface area contributed by atoms with Gasteiger partial charge in [-0.2, -0.15) is 0 Å². The monoisotopic (exact) mass is 376 g/mol. The van der Waals surface area contributed by atoms with Crippen molar-refractivity contribution in [2.75, 3.05) is 0 Å². The van der Waals surface area contributed by atoms with Crippen LogP contribution in [0.5, 0.6) is 0 Å². The van der Waals surface area contributed by atoms with E-state index in [1.807, 2.05) is 28.8 Å². The van der Waals surface area contributed by atoms with Gasteiger partial charge in [0.1, 0.15) is 0 Å². The van der Waals surface area contributed by atoms with Gasteiger partial charge >= 0.3 is 11.7 Å². The number of imidazole rings is 1. The number of nitrogens with zero attached hydrogens (tertiary/aromatic N) is 2. The van der Waals surface area contributed by atoms with E-state index in [0.29, 0.717) is 31.8 Å². The maximum atomic E-state index is 13.2. The third kappa shape index (κ3) is 3.52. The van der Waals surface area contributed by atoms with Gasteiger partial charge < -0.3 is 5.11 Å². The molecule has 2 aliphatic rings. The SMILES string of the molecule is O=C(O)CCCCn1c(=O)n(CC2=CC=CC3=CC=CCC32)c2ccccc21. The maximum absolute atomic E-state index is 13.2. The second-order valence-corrected chi connectivity index (χ2v) is 7.34. The number of para-hydroxylation sites is 2. The molecule has 0 spiro atoms. The third-order valence-corrected chi connectivity index (χ3v) is 5.53. The molecule has 4 rings (SSSR count). The van der Waals surface area contributed by atoms with Crippen LogP contribution in [0.3, 0.4) is 0 Å². The van der Waals surface area contributed by atoms with Crippen molar-refractivity contribution in [3.05, 3.63) is 82.4 Å². The van der Waals surface area contributed by atoms with Crippen molar-refractivity contribution in [3.8, 4) is 0 Å². The van der Waals surface area contributed by atoms with Crippen molar-refractivity contribution in [1.29, 1.82) is 0 Å². The molecule has 1 aromatic carbocycles. The summed E-state index contributed by atoms with van der Waals surface area (Å²) in [7, 11) is 0. The fraction of sp³-hybridized carbons (Fsp3) is 0.304. The molecule has 5 nitrogen and oxygen atoms in total. The molecule has 1 atom stereocenters. The molecule has 1 N–H and O–H groups in total. The number of carboxylic acid groups (broad SMARTS) is 1. The average molecular weight is 376 g/mol. The fourth-order valence-electron chi connectivity index (χ4n) is 4.12. The Labute approximate surface area is 163 Å². The number of unbranched alkanes of at least 4 members (excludes halogenated alkanes) is 1. The van der Waals surface area contributed by atoms with E-state index in [9.17, 15) is 9.59 Å². The van der Waals surface area contributed by atoms with Crippen LogP contribution < -0.4 is 5.69 Å². The summed E-state index contributed by atoms with van der Waals surface area (Å²) in [5.74, 6) is -0.461. The quantitative estimate of drug-likeness (QED) is 0.741. The molecule has 0 saturated carbocycles. The molecule has 0 saturated heterocycles. The third-order valence-electron chi connectivity index (χ3n) is 5.53. The Morgan fingerprint density at radius 1 is 1.07 bits per heavy atom. The first-order valence-corrected chi connectivity index (χ1v) is 9.79. The van der Waals surface area contributed by atoms with E-state index >= 15 is 0 Å². The summed E-state index contributed by atoms with van der Waals surface area (Å²) < 4.78 is 3.64. The minimum Gasteiger partial charge on any atom is -0.481 e. The molecule has 5 heteroatoms. The van der Waals surface area contributed by atoms with Crippen molar-refractivity contribution >= 4 is 17.0 Å². The molecule has 0 radical (unpaired) electrons.